The Bertz CT molecular complexity index is 820. The van der Waals surface area contributed by atoms with Crippen LogP contribution in [0, 0.1) is 0 Å². The molecule has 24 heavy (non-hydrogen) atoms. The number of aryl methyl sites for hydroxylation is 1. The van der Waals surface area contributed by atoms with E-state index in [2.05, 4.69) is 42.3 Å². The molecule has 3 aromatic rings. The van der Waals surface area contributed by atoms with Crippen molar-refractivity contribution in [3.8, 4) is 5.75 Å². The molecule has 0 fully saturated rings. The molecule has 0 aliphatic rings. The third-order valence-corrected chi connectivity index (χ3v) is 4.16. The number of allylic oxidation sites excluding steroid dienone is 1. The fourth-order valence-electron chi connectivity index (χ4n) is 2.91. The van der Waals surface area contributed by atoms with Gasteiger partial charge in [0.1, 0.15) is 18.2 Å². The summed E-state index contributed by atoms with van der Waals surface area (Å²) >= 11 is 0. The van der Waals surface area contributed by atoms with Crippen LogP contribution in [0.15, 0.2) is 61.2 Å². The number of aromatic nitrogens is 2. The minimum Gasteiger partial charge on any atom is -0.485 e. The van der Waals surface area contributed by atoms with Gasteiger partial charge < -0.3 is 9.30 Å². The maximum absolute atomic E-state index is 6.09. The summed E-state index contributed by atoms with van der Waals surface area (Å²) in [6.07, 6.45) is 5.01. The predicted molar refractivity (Wildman–Crippen MR) is 99.3 cm³/mol. The van der Waals surface area contributed by atoms with E-state index in [1.54, 1.807) is 0 Å². The van der Waals surface area contributed by atoms with Gasteiger partial charge in [-0.2, -0.15) is 0 Å². The summed E-state index contributed by atoms with van der Waals surface area (Å²) in [5.74, 6) is 1.89. The molecule has 0 saturated carbocycles. The van der Waals surface area contributed by atoms with Crippen LogP contribution in [0.3, 0.4) is 0 Å². The van der Waals surface area contributed by atoms with Crippen LogP contribution in [0.2, 0.25) is 0 Å². The Kier molecular flexibility index (Phi) is 5.32. The van der Waals surface area contributed by atoms with Gasteiger partial charge in [0.2, 0.25) is 0 Å². The number of unbranched alkanes of at least 4 members (excludes halogenated alkanes) is 1. The van der Waals surface area contributed by atoms with Crippen molar-refractivity contribution >= 4 is 11.0 Å². The average Bonchev–Trinajstić information content (AvgIpc) is 2.97. The van der Waals surface area contributed by atoms with E-state index in [1.165, 1.54) is 5.52 Å². The Hall–Kier alpha value is -2.55. The van der Waals surface area contributed by atoms with Gasteiger partial charge in [-0.1, -0.05) is 49.8 Å². The summed E-state index contributed by atoms with van der Waals surface area (Å²) in [5.41, 5.74) is 3.37. The Morgan fingerprint density at radius 2 is 1.92 bits per heavy atom. The van der Waals surface area contributed by atoms with Crippen LogP contribution in [0.25, 0.3) is 11.0 Å². The highest BCUT2D eigenvalue weighted by atomic mass is 16.5. The molecule has 0 aliphatic heterocycles. The van der Waals surface area contributed by atoms with E-state index in [0.29, 0.717) is 6.61 Å². The van der Waals surface area contributed by atoms with Crippen molar-refractivity contribution < 1.29 is 4.74 Å². The number of fused-ring (bicyclic) bond motifs is 1. The maximum atomic E-state index is 6.09. The van der Waals surface area contributed by atoms with Crippen molar-refractivity contribution in [2.24, 2.45) is 0 Å². The number of nitrogens with zero attached hydrogens (tertiary/aromatic N) is 2. The second kappa shape index (κ2) is 7.82. The highest BCUT2D eigenvalue weighted by Crippen LogP contribution is 2.22. The highest BCUT2D eigenvalue weighted by Gasteiger charge is 2.11. The topological polar surface area (TPSA) is 27.1 Å². The monoisotopic (exact) mass is 320 g/mol. The van der Waals surface area contributed by atoms with Gasteiger partial charge in [0.05, 0.1) is 11.0 Å². The molecule has 1 heterocycles. The zero-order chi connectivity index (χ0) is 16.8. The van der Waals surface area contributed by atoms with E-state index < -0.39 is 0 Å². The third kappa shape index (κ3) is 3.51. The van der Waals surface area contributed by atoms with Gasteiger partial charge in [0.25, 0.3) is 0 Å². The first kappa shape index (κ1) is 16.3. The summed E-state index contributed by atoms with van der Waals surface area (Å²) in [6, 6.07) is 16.4. The lowest BCUT2D eigenvalue weighted by atomic mass is 10.1. The smallest absolute Gasteiger partial charge is 0.147 e. The predicted octanol–water partition coefficient (Wildman–Crippen LogP) is 5.14. The number of ether oxygens (including phenoxy) is 1. The van der Waals surface area contributed by atoms with Crippen molar-refractivity contribution in [1.29, 1.82) is 0 Å². The largest absolute Gasteiger partial charge is 0.485 e. The molecule has 0 bridgehead atoms. The SMILES string of the molecule is C=CCc1ccccc1OCc1nc2ccccc2n1CCCC. The van der Waals surface area contributed by atoms with E-state index in [4.69, 9.17) is 9.72 Å². The fourth-order valence-corrected chi connectivity index (χ4v) is 2.91. The van der Waals surface area contributed by atoms with Crippen molar-refractivity contribution in [3.63, 3.8) is 0 Å². The van der Waals surface area contributed by atoms with Crippen LogP contribution in [0.1, 0.15) is 31.2 Å². The third-order valence-electron chi connectivity index (χ3n) is 4.16. The van der Waals surface area contributed by atoms with E-state index in [0.717, 1.165) is 48.5 Å². The summed E-state index contributed by atoms with van der Waals surface area (Å²) in [4.78, 5) is 4.77. The van der Waals surface area contributed by atoms with E-state index in [-0.39, 0.29) is 0 Å². The normalized spacial score (nSPS) is 10.9. The molecule has 0 radical (unpaired) electrons. The first-order valence-electron chi connectivity index (χ1n) is 8.59. The molecule has 0 amide bonds. The van der Waals surface area contributed by atoms with Crippen LogP contribution in [0.4, 0.5) is 0 Å². The van der Waals surface area contributed by atoms with E-state index in [9.17, 15) is 0 Å². The first-order chi connectivity index (χ1) is 11.8. The Morgan fingerprint density at radius 1 is 1.12 bits per heavy atom. The molecular formula is C21H24N2O. The van der Waals surface area contributed by atoms with Gasteiger partial charge in [-0.15, -0.1) is 6.58 Å². The number of imidazole rings is 1. The quantitative estimate of drug-likeness (QED) is 0.537. The summed E-state index contributed by atoms with van der Waals surface area (Å²) in [7, 11) is 0. The molecule has 2 aromatic carbocycles. The number of hydrogen-bond acceptors (Lipinski definition) is 2. The highest BCUT2D eigenvalue weighted by molar-refractivity contribution is 5.75. The van der Waals surface area contributed by atoms with Crippen LogP contribution in [0.5, 0.6) is 5.75 Å². The summed E-state index contributed by atoms with van der Waals surface area (Å²) in [5, 5.41) is 0. The number of para-hydroxylation sites is 3. The maximum Gasteiger partial charge on any atom is 0.147 e. The van der Waals surface area contributed by atoms with Gasteiger partial charge >= 0.3 is 0 Å². The van der Waals surface area contributed by atoms with Crippen LogP contribution >= 0.6 is 0 Å². The molecule has 0 aliphatic carbocycles. The Labute approximate surface area is 143 Å². The van der Waals surface area contributed by atoms with Gasteiger partial charge in [0, 0.05) is 6.54 Å². The van der Waals surface area contributed by atoms with Gasteiger partial charge in [-0.25, -0.2) is 4.98 Å². The average molecular weight is 320 g/mol. The van der Waals surface area contributed by atoms with Gasteiger partial charge in [0.15, 0.2) is 0 Å². The number of benzene rings is 2. The molecule has 3 nitrogen and oxygen atoms in total. The number of hydrogen-bond donors (Lipinski definition) is 0. The molecule has 3 heteroatoms. The van der Waals surface area contributed by atoms with Crippen molar-refractivity contribution in [1.82, 2.24) is 9.55 Å². The summed E-state index contributed by atoms with van der Waals surface area (Å²) in [6.45, 7) is 7.48. The fraction of sp³-hybridized carbons (Fsp3) is 0.286. The zero-order valence-corrected chi connectivity index (χ0v) is 14.2. The second-order valence-corrected chi connectivity index (χ2v) is 5.91. The Morgan fingerprint density at radius 3 is 2.75 bits per heavy atom. The molecule has 0 unspecified atom stereocenters. The van der Waals surface area contributed by atoms with Crippen LogP contribution in [-0.4, -0.2) is 9.55 Å². The molecule has 0 spiro atoms. The minimum absolute atomic E-state index is 0.479. The Balaban J connectivity index is 1.86. The van der Waals surface area contributed by atoms with E-state index in [1.807, 2.05) is 30.3 Å². The first-order valence-corrected chi connectivity index (χ1v) is 8.59. The van der Waals surface area contributed by atoms with Crippen LogP contribution in [-0.2, 0) is 19.6 Å². The molecule has 1 aromatic heterocycles. The molecule has 124 valence electrons. The molecule has 3 rings (SSSR count). The van der Waals surface area contributed by atoms with Crippen molar-refractivity contribution in [3.05, 3.63) is 72.6 Å². The molecule has 0 N–H and O–H groups in total. The molecular weight excluding hydrogens is 296 g/mol. The molecule has 0 atom stereocenters. The second-order valence-electron chi connectivity index (χ2n) is 5.91. The standard InChI is InChI=1S/C21H24N2O/c1-3-5-15-23-19-13-8-7-12-18(19)22-21(23)16-24-20-14-9-6-11-17(20)10-4-2/h4,6-9,11-14H,2-3,5,10,15-16H2,1H3. The van der Waals surface area contributed by atoms with Crippen molar-refractivity contribution in [2.75, 3.05) is 0 Å². The number of rotatable bonds is 8. The lowest BCUT2D eigenvalue weighted by Crippen LogP contribution is -2.08. The zero-order valence-electron chi connectivity index (χ0n) is 14.2. The lowest BCUT2D eigenvalue weighted by molar-refractivity contribution is 0.287. The van der Waals surface area contributed by atoms with E-state index >= 15 is 0 Å². The molecule has 0 saturated heterocycles. The minimum atomic E-state index is 0.479. The summed E-state index contributed by atoms with van der Waals surface area (Å²) < 4.78 is 8.38. The van der Waals surface area contributed by atoms with Gasteiger partial charge in [-0.05, 0) is 36.6 Å². The van der Waals surface area contributed by atoms with Crippen LogP contribution < -0.4 is 4.74 Å². The lowest BCUT2D eigenvalue weighted by Gasteiger charge is -2.12. The van der Waals surface area contributed by atoms with Gasteiger partial charge in [-0.3, -0.25) is 0 Å². The van der Waals surface area contributed by atoms with Crippen molar-refractivity contribution in [2.45, 2.75) is 39.3 Å².